The van der Waals surface area contributed by atoms with Crippen LogP contribution in [0, 0.1) is 0 Å². The van der Waals surface area contributed by atoms with Crippen LogP contribution in [0.3, 0.4) is 0 Å². The van der Waals surface area contributed by atoms with Crippen LogP contribution < -0.4 is 10.6 Å². The van der Waals surface area contributed by atoms with Gasteiger partial charge in [-0.3, -0.25) is 9.59 Å². The molecule has 1 rings (SSSR count). The van der Waals surface area contributed by atoms with Gasteiger partial charge in [-0.15, -0.1) is 0 Å². The molecule has 0 aromatic rings. The van der Waals surface area contributed by atoms with Crippen molar-refractivity contribution in [1.82, 2.24) is 15.5 Å². The lowest BCUT2D eigenvalue weighted by molar-refractivity contribution is -0.138. The summed E-state index contributed by atoms with van der Waals surface area (Å²) in [6, 6.07) is -0.479. The van der Waals surface area contributed by atoms with Crippen LogP contribution in [0.2, 0.25) is 0 Å². The SMILES string of the molecule is CC(=O)NCCNC(=O)N1CCCC1CC(=O)O. The van der Waals surface area contributed by atoms with Gasteiger partial charge in [0.1, 0.15) is 0 Å². The molecule has 3 amide bonds. The number of hydrogen-bond acceptors (Lipinski definition) is 3. The third kappa shape index (κ3) is 4.60. The number of rotatable bonds is 5. The van der Waals surface area contributed by atoms with E-state index in [0.29, 0.717) is 19.6 Å². The zero-order valence-corrected chi connectivity index (χ0v) is 10.4. The molecule has 0 aliphatic carbocycles. The second-order valence-corrected chi connectivity index (χ2v) is 4.30. The highest BCUT2D eigenvalue weighted by Crippen LogP contribution is 2.19. The third-order valence-electron chi connectivity index (χ3n) is 2.82. The molecular formula is C11H19N3O4. The van der Waals surface area contributed by atoms with Crippen molar-refractivity contribution in [3.05, 3.63) is 0 Å². The van der Waals surface area contributed by atoms with Gasteiger partial charge in [0, 0.05) is 32.6 Å². The number of urea groups is 1. The van der Waals surface area contributed by atoms with Gasteiger partial charge >= 0.3 is 12.0 Å². The monoisotopic (exact) mass is 257 g/mol. The van der Waals surface area contributed by atoms with Crippen LogP contribution in [0.15, 0.2) is 0 Å². The molecule has 1 unspecified atom stereocenters. The predicted molar refractivity (Wildman–Crippen MR) is 64.1 cm³/mol. The summed E-state index contributed by atoms with van der Waals surface area (Å²) in [5.41, 5.74) is 0. The molecule has 7 heteroatoms. The molecule has 1 atom stereocenters. The normalized spacial score (nSPS) is 18.5. The Bertz CT molecular complexity index is 332. The Labute approximate surface area is 106 Å². The average molecular weight is 257 g/mol. The first kappa shape index (κ1) is 14.3. The van der Waals surface area contributed by atoms with Crippen molar-refractivity contribution in [2.75, 3.05) is 19.6 Å². The van der Waals surface area contributed by atoms with Crippen LogP contribution in [0.1, 0.15) is 26.2 Å². The van der Waals surface area contributed by atoms with Crippen molar-refractivity contribution in [2.24, 2.45) is 0 Å². The van der Waals surface area contributed by atoms with E-state index in [4.69, 9.17) is 5.11 Å². The average Bonchev–Trinajstić information content (AvgIpc) is 2.71. The molecule has 1 saturated heterocycles. The summed E-state index contributed by atoms with van der Waals surface area (Å²) in [5.74, 6) is -1.04. The quantitative estimate of drug-likeness (QED) is 0.592. The van der Waals surface area contributed by atoms with E-state index in [1.807, 2.05) is 0 Å². The molecule has 7 nitrogen and oxygen atoms in total. The van der Waals surface area contributed by atoms with E-state index in [0.717, 1.165) is 12.8 Å². The van der Waals surface area contributed by atoms with E-state index in [9.17, 15) is 14.4 Å². The lowest BCUT2D eigenvalue weighted by atomic mass is 10.1. The van der Waals surface area contributed by atoms with Gasteiger partial charge in [0.15, 0.2) is 0 Å². The summed E-state index contributed by atoms with van der Waals surface area (Å²) < 4.78 is 0. The summed E-state index contributed by atoms with van der Waals surface area (Å²) in [5, 5.41) is 14.0. The number of hydrogen-bond donors (Lipinski definition) is 3. The zero-order valence-electron chi connectivity index (χ0n) is 10.4. The zero-order chi connectivity index (χ0) is 13.5. The number of nitrogens with zero attached hydrogens (tertiary/aromatic N) is 1. The second-order valence-electron chi connectivity index (χ2n) is 4.30. The lowest BCUT2D eigenvalue weighted by Gasteiger charge is -2.23. The van der Waals surface area contributed by atoms with Crippen molar-refractivity contribution < 1.29 is 19.5 Å². The maximum absolute atomic E-state index is 11.8. The highest BCUT2D eigenvalue weighted by Gasteiger charge is 2.29. The molecule has 0 aromatic heterocycles. The topological polar surface area (TPSA) is 98.7 Å². The number of carbonyl (C=O) groups excluding carboxylic acids is 2. The largest absolute Gasteiger partial charge is 0.481 e. The van der Waals surface area contributed by atoms with Crippen LogP contribution in [-0.2, 0) is 9.59 Å². The summed E-state index contributed by atoms with van der Waals surface area (Å²) in [4.78, 5) is 34.6. The molecule has 1 heterocycles. The molecule has 1 fully saturated rings. The fraction of sp³-hybridized carbons (Fsp3) is 0.727. The number of likely N-dealkylation sites (tertiary alicyclic amines) is 1. The first-order valence-corrected chi connectivity index (χ1v) is 6.01. The third-order valence-corrected chi connectivity index (χ3v) is 2.82. The van der Waals surface area contributed by atoms with Crippen LogP contribution in [0.25, 0.3) is 0 Å². The Hall–Kier alpha value is -1.79. The van der Waals surface area contributed by atoms with Gasteiger partial charge in [-0.05, 0) is 12.8 Å². The van der Waals surface area contributed by atoms with Gasteiger partial charge in [0.25, 0.3) is 0 Å². The van der Waals surface area contributed by atoms with Crippen molar-refractivity contribution in [1.29, 1.82) is 0 Å². The molecule has 1 aliphatic heterocycles. The summed E-state index contributed by atoms with van der Waals surface area (Å²) in [6.07, 6.45) is 1.54. The lowest BCUT2D eigenvalue weighted by Crippen LogP contribution is -2.45. The smallest absolute Gasteiger partial charge is 0.317 e. The van der Waals surface area contributed by atoms with Crippen molar-refractivity contribution in [3.63, 3.8) is 0 Å². The first-order chi connectivity index (χ1) is 8.50. The van der Waals surface area contributed by atoms with Gasteiger partial charge in [0.2, 0.25) is 5.91 Å². The molecule has 0 aromatic carbocycles. The standard InChI is InChI=1S/C11H19N3O4/c1-8(15)12-4-5-13-11(18)14-6-2-3-9(14)7-10(16)17/h9H,2-7H2,1H3,(H,12,15)(H,13,18)(H,16,17). The summed E-state index contributed by atoms with van der Waals surface area (Å²) in [6.45, 7) is 2.71. The minimum absolute atomic E-state index is 0.0148. The van der Waals surface area contributed by atoms with Crippen LogP contribution in [0.4, 0.5) is 4.79 Å². The van der Waals surface area contributed by atoms with Crippen molar-refractivity contribution >= 4 is 17.9 Å². The minimum Gasteiger partial charge on any atom is -0.481 e. The number of carbonyl (C=O) groups is 3. The number of aliphatic carboxylic acids is 1. The Balaban J connectivity index is 2.31. The van der Waals surface area contributed by atoms with Gasteiger partial charge in [-0.25, -0.2) is 4.79 Å². The molecular weight excluding hydrogens is 238 g/mol. The molecule has 1 aliphatic rings. The minimum atomic E-state index is -0.891. The Morgan fingerprint density at radius 3 is 2.56 bits per heavy atom. The Morgan fingerprint density at radius 1 is 1.28 bits per heavy atom. The van der Waals surface area contributed by atoms with Crippen LogP contribution in [0.5, 0.6) is 0 Å². The molecule has 0 saturated carbocycles. The first-order valence-electron chi connectivity index (χ1n) is 6.01. The number of nitrogens with one attached hydrogen (secondary N) is 2. The highest BCUT2D eigenvalue weighted by atomic mass is 16.4. The summed E-state index contributed by atoms with van der Waals surface area (Å²) >= 11 is 0. The second kappa shape index (κ2) is 6.83. The van der Waals surface area contributed by atoms with E-state index in [1.54, 1.807) is 4.90 Å². The van der Waals surface area contributed by atoms with Crippen LogP contribution >= 0.6 is 0 Å². The fourth-order valence-corrected chi connectivity index (χ4v) is 2.03. The van der Waals surface area contributed by atoms with Crippen LogP contribution in [-0.4, -0.2) is 53.6 Å². The fourth-order valence-electron chi connectivity index (χ4n) is 2.03. The van der Waals surface area contributed by atoms with E-state index in [2.05, 4.69) is 10.6 Å². The molecule has 0 radical (unpaired) electrons. The van der Waals surface area contributed by atoms with Crippen molar-refractivity contribution in [2.45, 2.75) is 32.2 Å². The molecule has 102 valence electrons. The van der Waals surface area contributed by atoms with Gasteiger partial charge in [0.05, 0.1) is 6.42 Å². The van der Waals surface area contributed by atoms with E-state index >= 15 is 0 Å². The van der Waals surface area contributed by atoms with Gasteiger partial charge in [-0.1, -0.05) is 0 Å². The number of carboxylic acids is 1. The highest BCUT2D eigenvalue weighted by molar-refractivity contribution is 5.76. The number of amides is 3. The van der Waals surface area contributed by atoms with E-state index in [1.165, 1.54) is 6.92 Å². The predicted octanol–water partition coefficient (Wildman–Crippen LogP) is -0.229. The number of carboxylic acid groups (broad SMARTS) is 1. The Morgan fingerprint density at radius 2 is 1.94 bits per heavy atom. The maximum Gasteiger partial charge on any atom is 0.317 e. The summed E-state index contributed by atoms with van der Waals surface area (Å²) in [7, 11) is 0. The van der Waals surface area contributed by atoms with Gasteiger partial charge < -0.3 is 20.6 Å². The van der Waals surface area contributed by atoms with E-state index in [-0.39, 0.29) is 24.4 Å². The molecule has 3 N–H and O–H groups in total. The van der Waals surface area contributed by atoms with E-state index < -0.39 is 5.97 Å². The van der Waals surface area contributed by atoms with Crippen molar-refractivity contribution in [3.8, 4) is 0 Å². The maximum atomic E-state index is 11.8. The molecule has 0 spiro atoms. The molecule has 0 bridgehead atoms. The molecule has 18 heavy (non-hydrogen) atoms. The Kier molecular flexibility index (Phi) is 5.41. The van der Waals surface area contributed by atoms with Gasteiger partial charge in [-0.2, -0.15) is 0 Å².